The van der Waals surface area contributed by atoms with E-state index in [1.165, 1.54) is 0 Å². The Kier molecular flexibility index (Phi) is 10.3. The third-order valence-electron chi connectivity index (χ3n) is 1.60. The third-order valence-corrected chi connectivity index (χ3v) is 1.60. The Morgan fingerprint density at radius 3 is 2.43 bits per heavy atom. The molecule has 0 aromatic rings. The van der Waals surface area contributed by atoms with Crippen molar-refractivity contribution in [2.45, 2.75) is 20.3 Å². The van der Waals surface area contributed by atoms with Crippen LogP contribution in [0.2, 0.25) is 0 Å². The van der Waals surface area contributed by atoms with Crippen LogP contribution in [0.5, 0.6) is 0 Å². The summed E-state index contributed by atoms with van der Waals surface area (Å²) in [6.45, 7) is 5.00. The van der Waals surface area contributed by atoms with Gasteiger partial charge in [0.2, 0.25) is 0 Å². The summed E-state index contributed by atoms with van der Waals surface area (Å²) >= 11 is 0. The monoisotopic (exact) mass is 221 g/mol. The van der Waals surface area contributed by atoms with E-state index >= 15 is 0 Å². The predicted octanol–water partition coefficient (Wildman–Crippen LogP) is 1.87. The average molecular weight is 222 g/mol. The Morgan fingerprint density at radius 1 is 1.43 bits per heavy atom. The molecule has 0 aliphatic rings. The van der Waals surface area contributed by atoms with E-state index < -0.39 is 0 Å². The van der Waals surface area contributed by atoms with Crippen LogP contribution in [0.3, 0.4) is 0 Å². The quantitative estimate of drug-likeness (QED) is 0.525. The Hall–Kier alpha value is -0.540. The maximum absolute atomic E-state index is 11.2. The predicted molar refractivity (Wildman–Crippen MR) is 60.8 cm³/mol. The van der Waals surface area contributed by atoms with E-state index in [0.29, 0.717) is 12.2 Å². The average Bonchev–Trinajstić information content (AvgIpc) is 2.04. The first kappa shape index (κ1) is 15.9. The van der Waals surface area contributed by atoms with Crippen molar-refractivity contribution < 1.29 is 9.53 Å². The zero-order valence-corrected chi connectivity index (χ0v) is 10.2. The first-order chi connectivity index (χ1) is 6.07. The molecule has 0 rings (SSSR count). The minimum absolute atomic E-state index is 0. The zero-order chi connectivity index (χ0) is 10.3. The number of halogens is 1. The highest BCUT2D eigenvalue weighted by Gasteiger charge is 2.03. The molecule has 0 aliphatic carbocycles. The Morgan fingerprint density at radius 2 is 2.00 bits per heavy atom. The number of hydrogen-bond acceptors (Lipinski definition) is 3. The fourth-order valence-corrected chi connectivity index (χ4v) is 0.824. The summed E-state index contributed by atoms with van der Waals surface area (Å²) in [7, 11) is 3.89. The summed E-state index contributed by atoms with van der Waals surface area (Å²) < 4.78 is 5.02. The van der Waals surface area contributed by atoms with E-state index in [-0.39, 0.29) is 18.4 Å². The van der Waals surface area contributed by atoms with Gasteiger partial charge >= 0.3 is 5.97 Å². The van der Waals surface area contributed by atoms with Crippen LogP contribution in [-0.2, 0) is 9.53 Å². The number of allylic oxidation sites excluding steroid dienone is 1. The van der Waals surface area contributed by atoms with Gasteiger partial charge < -0.3 is 9.64 Å². The van der Waals surface area contributed by atoms with Crippen LogP contribution in [0.4, 0.5) is 0 Å². The number of likely N-dealkylation sites (N-methyl/N-ethyl adjacent to an activating group) is 1. The molecule has 0 aliphatic heterocycles. The fourth-order valence-electron chi connectivity index (χ4n) is 0.824. The van der Waals surface area contributed by atoms with Crippen LogP contribution in [0.1, 0.15) is 20.3 Å². The van der Waals surface area contributed by atoms with Gasteiger partial charge in [-0.2, -0.15) is 0 Å². The molecule has 0 fully saturated rings. The summed E-state index contributed by atoms with van der Waals surface area (Å²) in [5.74, 6) is -0.205. The van der Waals surface area contributed by atoms with E-state index in [4.69, 9.17) is 4.74 Å². The molecule has 84 valence electrons. The molecule has 3 nitrogen and oxygen atoms in total. The molecule has 0 saturated heterocycles. The highest BCUT2D eigenvalue weighted by molar-refractivity contribution is 5.87. The molecule has 0 aromatic carbocycles. The number of ether oxygens (including phenoxy) is 1. The molecule has 0 bridgehead atoms. The summed E-state index contributed by atoms with van der Waals surface area (Å²) in [6.07, 6.45) is 2.74. The van der Waals surface area contributed by atoms with Gasteiger partial charge in [0.15, 0.2) is 0 Å². The molecule has 0 atom stereocenters. The van der Waals surface area contributed by atoms with Crippen LogP contribution in [0, 0.1) is 0 Å². The second-order valence-electron chi connectivity index (χ2n) is 3.23. The van der Waals surface area contributed by atoms with Crippen LogP contribution in [0.15, 0.2) is 11.6 Å². The summed E-state index contributed by atoms with van der Waals surface area (Å²) in [6, 6.07) is 0. The van der Waals surface area contributed by atoms with Gasteiger partial charge in [0, 0.05) is 12.1 Å². The molecule has 0 unspecified atom stereocenters. The number of carbonyl (C=O) groups is 1. The van der Waals surface area contributed by atoms with Crippen LogP contribution >= 0.6 is 12.4 Å². The fraction of sp³-hybridized carbons (Fsp3) is 0.700. The van der Waals surface area contributed by atoms with Gasteiger partial charge in [0.05, 0.1) is 0 Å². The lowest BCUT2D eigenvalue weighted by Crippen LogP contribution is -2.20. The van der Waals surface area contributed by atoms with Crippen molar-refractivity contribution in [3.05, 3.63) is 11.6 Å². The molecule has 0 aromatic heterocycles. The maximum atomic E-state index is 11.2. The van der Waals surface area contributed by atoms with Gasteiger partial charge in [-0.25, -0.2) is 4.79 Å². The van der Waals surface area contributed by atoms with E-state index in [9.17, 15) is 4.79 Å². The molecular formula is C10H20ClNO2. The second kappa shape index (κ2) is 9.03. The highest BCUT2D eigenvalue weighted by Crippen LogP contribution is 1.98. The topological polar surface area (TPSA) is 29.5 Å². The largest absolute Gasteiger partial charge is 0.461 e. The minimum Gasteiger partial charge on any atom is -0.461 e. The highest BCUT2D eigenvalue weighted by atomic mass is 35.5. The van der Waals surface area contributed by atoms with Crippen molar-refractivity contribution in [3.8, 4) is 0 Å². The van der Waals surface area contributed by atoms with Gasteiger partial charge in [-0.3, -0.25) is 0 Å². The lowest BCUT2D eigenvalue weighted by atomic mass is 10.2. The molecule has 0 spiro atoms. The van der Waals surface area contributed by atoms with Crippen molar-refractivity contribution in [1.82, 2.24) is 4.90 Å². The Labute approximate surface area is 92.5 Å². The van der Waals surface area contributed by atoms with Crippen molar-refractivity contribution in [2.24, 2.45) is 0 Å². The number of carbonyl (C=O) groups excluding carboxylic acids is 1. The van der Waals surface area contributed by atoms with Crippen molar-refractivity contribution in [3.63, 3.8) is 0 Å². The number of nitrogens with zero attached hydrogens (tertiary/aromatic N) is 1. The zero-order valence-electron chi connectivity index (χ0n) is 9.37. The standard InChI is InChI=1S/C10H19NO2.ClH/c1-5-6-9(2)10(12)13-8-7-11(3)4;/h6H,5,7-8H2,1-4H3;1H. The minimum atomic E-state index is -0.205. The molecule has 0 saturated carbocycles. The van der Waals surface area contributed by atoms with E-state index in [1.807, 2.05) is 32.0 Å². The van der Waals surface area contributed by atoms with Crippen molar-refractivity contribution >= 4 is 18.4 Å². The van der Waals surface area contributed by atoms with Crippen LogP contribution < -0.4 is 0 Å². The third kappa shape index (κ3) is 8.08. The van der Waals surface area contributed by atoms with Gasteiger partial charge in [-0.15, -0.1) is 12.4 Å². The van der Waals surface area contributed by atoms with Gasteiger partial charge in [-0.05, 0) is 27.4 Å². The molecule has 0 amide bonds. The Balaban J connectivity index is 0. The number of esters is 1. The van der Waals surface area contributed by atoms with Gasteiger partial charge in [0.1, 0.15) is 6.61 Å². The van der Waals surface area contributed by atoms with Crippen molar-refractivity contribution in [1.29, 1.82) is 0 Å². The molecule has 0 radical (unpaired) electrons. The van der Waals surface area contributed by atoms with Gasteiger partial charge in [-0.1, -0.05) is 13.0 Å². The van der Waals surface area contributed by atoms with Gasteiger partial charge in [0.25, 0.3) is 0 Å². The van der Waals surface area contributed by atoms with E-state index in [1.54, 1.807) is 6.92 Å². The van der Waals surface area contributed by atoms with Crippen molar-refractivity contribution in [2.75, 3.05) is 27.2 Å². The normalized spacial score (nSPS) is 11.1. The second-order valence-corrected chi connectivity index (χ2v) is 3.23. The summed E-state index contributed by atoms with van der Waals surface area (Å²) in [5, 5.41) is 0. The van der Waals surface area contributed by atoms with E-state index in [0.717, 1.165) is 13.0 Å². The SMILES string of the molecule is CCC=C(C)C(=O)OCCN(C)C.Cl. The van der Waals surface area contributed by atoms with Crippen LogP contribution in [0.25, 0.3) is 0 Å². The molecule has 0 N–H and O–H groups in total. The first-order valence-electron chi connectivity index (χ1n) is 4.56. The molecule has 0 heterocycles. The molecular weight excluding hydrogens is 202 g/mol. The Bertz CT molecular complexity index is 191. The molecule has 4 heteroatoms. The molecule has 14 heavy (non-hydrogen) atoms. The smallest absolute Gasteiger partial charge is 0.333 e. The number of hydrogen-bond donors (Lipinski definition) is 0. The maximum Gasteiger partial charge on any atom is 0.333 e. The summed E-state index contributed by atoms with van der Waals surface area (Å²) in [5.41, 5.74) is 0.696. The van der Waals surface area contributed by atoms with Crippen LogP contribution in [-0.4, -0.2) is 38.1 Å². The lowest BCUT2D eigenvalue weighted by molar-refractivity contribution is -0.139. The van der Waals surface area contributed by atoms with E-state index in [2.05, 4.69) is 0 Å². The first-order valence-corrected chi connectivity index (χ1v) is 4.56. The summed E-state index contributed by atoms with van der Waals surface area (Å²) in [4.78, 5) is 13.2. The number of rotatable bonds is 5. The lowest BCUT2D eigenvalue weighted by Gasteiger charge is -2.09.